The zero-order chi connectivity index (χ0) is 21.2. The minimum absolute atomic E-state index is 0.0189. The molecule has 0 aliphatic carbocycles. The number of hydrogen-bond acceptors (Lipinski definition) is 4. The molecule has 0 saturated carbocycles. The summed E-state index contributed by atoms with van der Waals surface area (Å²) in [5.41, 5.74) is 1.14. The van der Waals surface area contributed by atoms with Gasteiger partial charge in [0.15, 0.2) is 0 Å². The second-order valence-electron chi connectivity index (χ2n) is 7.87. The Bertz CT molecular complexity index is 884. The number of imidazole rings is 1. The van der Waals surface area contributed by atoms with E-state index in [4.69, 9.17) is 16.3 Å². The molecule has 0 unspecified atom stereocenters. The summed E-state index contributed by atoms with van der Waals surface area (Å²) >= 11 is 9.48. The van der Waals surface area contributed by atoms with Crippen LogP contribution in [0.25, 0.3) is 11.3 Å². The molecule has 1 aromatic heterocycles. The number of carbonyl (C=O) groups excluding carboxylic acids is 2. The third kappa shape index (κ3) is 5.51. The molecule has 0 N–H and O–H groups in total. The van der Waals surface area contributed by atoms with Gasteiger partial charge in [0, 0.05) is 36.8 Å². The molecule has 1 aliphatic rings. The van der Waals surface area contributed by atoms with E-state index in [9.17, 15) is 9.59 Å². The van der Waals surface area contributed by atoms with Crippen LogP contribution in [0.1, 0.15) is 20.8 Å². The van der Waals surface area contributed by atoms with Gasteiger partial charge < -0.3 is 19.1 Å². The van der Waals surface area contributed by atoms with E-state index in [0.717, 1.165) is 15.9 Å². The largest absolute Gasteiger partial charge is 0.444 e. The first-order chi connectivity index (χ1) is 13.6. The van der Waals surface area contributed by atoms with Crippen LogP contribution in [0.3, 0.4) is 0 Å². The SMILES string of the molecule is CC(C)(C)OC(=O)N1CCN(C(=O)Cn2cnc(-c3ccc(Cl)cc3)c2Br)CC1. The number of ether oxygens (including phenoxy) is 1. The zero-order valence-electron chi connectivity index (χ0n) is 16.7. The summed E-state index contributed by atoms with van der Waals surface area (Å²) in [6, 6.07) is 7.38. The maximum Gasteiger partial charge on any atom is 0.410 e. The van der Waals surface area contributed by atoms with Crippen molar-refractivity contribution in [2.75, 3.05) is 26.2 Å². The van der Waals surface area contributed by atoms with Gasteiger partial charge in [-0.1, -0.05) is 23.7 Å². The average molecular weight is 484 g/mol. The molecule has 0 atom stereocenters. The van der Waals surface area contributed by atoms with Crippen LogP contribution in [0, 0.1) is 0 Å². The maximum absolute atomic E-state index is 12.7. The van der Waals surface area contributed by atoms with Crippen LogP contribution >= 0.6 is 27.5 Å². The first-order valence-electron chi connectivity index (χ1n) is 9.36. The minimum atomic E-state index is -0.528. The molecule has 2 amide bonds. The van der Waals surface area contributed by atoms with E-state index in [1.807, 2.05) is 32.9 Å². The normalized spacial score (nSPS) is 14.8. The number of benzene rings is 1. The summed E-state index contributed by atoms with van der Waals surface area (Å²) in [6.45, 7) is 7.57. The number of piperazine rings is 1. The number of amides is 2. The molecule has 29 heavy (non-hydrogen) atoms. The van der Waals surface area contributed by atoms with Crippen molar-refractivity contribution in [2.24, 2.45) is 0 Å². The van der Waals surface area contributed by atoms with Crippen molar-refractivity contribution < 1.29 is 14.3 Å². The van der Waals surface area contributed by atoms with Crippen LogP contribution in [-0.2, 0) is 16.1 Å². The smallest absolute Gasteiger partial charge is 0.410 e. The van der Waals surface area contributed by atoms with Gasteiger partial charge in [-0.25, -0.2) is 9.78 Å². The summed E-state index contributed by atoms with van der Waals surface area (Å²) in [5, 5.41) is 0.657. The third-order valence-corrected chi connectivity index (χ3v) is 5.56. The highest BCUT2D eigenvalue weighted by atomic mass is 79.9. The van der Waals surface area contributed by atoms with Crippen molar-refractivity contribution in [3.05, 3.63) is 40.2 Å². The number of rotatable bonds is 3. The lowest BCUT2D eigenvalue weighted by Gasteiger charge is -2.35. The summed E-state index contributed by atoms with van der Waals surface area (Å²) < 4.78 is 7.90. The van der Waals surface area contributed by atoms with E-state index in [1.165, 1.54) is 0 Å². The maximum atomic E-state index is 12.7. The summed E-state index contributed by atoms with van der Waals surface area (Å²) in [4.78, 5) is 32.7. The Hall–Kier alpha value is -2.06. The molecule has 1 aliphatic heterocycles. The van der Waals surface area contributed by atoms with Gasteiger partial charge in [-0.05, 0) is 48.8 Å². The highest BCUT2D eigenvalue weighted by Crippen LogP contribution is 2.28. The summed E-state index contributed by atoms with van der Waals surface area (Å²) in [7, 11) is 0. The Morgan fingerprint density at radius 3 is 2.28 bits per heavy atom. The zero-order valence-corrected chi connectivity index (χ0v) is 19.0. The lowest BCUT2D eigenvalue weighted by atomic mass is 10.2. The van der Waals surface area contributed by atoms with E-state index in [0.29, 0.717) is 31.2 Å². The van der Waals surface area contributed by atoms with Crippen LogP contribution < -0.4 is 0 Å². The summed E-state index contributed by atoms with van der Waals surface area (Å²) in [6.07, 6.45) is 1.30. The standard InChI is InChI=1S/C20H24BrClN4O3/c1-20(2,3)29-19(28)25-10-8-24(9-11-25)16(27)12-26-13-23-17(18(26)21)14-4-6-15(22)7-5-14/h4-7,13H,8-12H2,1-3H3. The molecule has 2 aromatic rings. The van der Waals surface area contributed by atoms with Gasteiger partial charge in [0.05, 0.1) is 6.33 Å². The number of carbonyl (C=O) groups is 2. The minimum Gasteiger partial charge on any atom is -0.444 e. The number of halogens is 2. The molecule has 2 heterocycles. The van der Waals surface area contributed by atoms with Crippen molar-refractivity contribution >= 4 is 39.5 Å². The van der Waals surface area contributed by atoms with Crippen LogP contribution in [0.15, 0.2) is 35.2 Å². The predicted octanol–water partition coefficient (Wildman–Crippen LogP) is 4.05. The van der Waals surface area contributed by atoms with Crippen LogP contribution in [0.5, 0.6) is 0 Å². The molecule has 9 heteroatoms. The van der Waals surface area contributed by atoms with Gasteiger partial charge in [0.1, 0.15) is 22.4 Å². The number of nitrogens with zero attached hydrogens (tertiary/aromatic N) is 4. The molecule has 7 nitrogen and oxygen atoms in total. The van der Waals surface area contributed by atoms with E-state index in [2.05, 4.69) is 20.9 Å². The summed E-state index contributed by atoms with van der Waals surface area (Å²) in [5.74, 6) is -0.0189. The van der Waals surface area contributed by atoms with E-state index in [1.54, 1.807) is 32.8 Å². The first-order valence-corrected chi connectivity index (χ1v) is 10.5. The number of hydrogen-bond donors (Lipinski definition) is 0. The van der Waals surface area contributed by atoms with Crippen LogP contribution in [-0.4, -0.2) is 63.1 Å². The fourth-order valence-corrected chi connectivity index (χ4v) is 3.66. The lowest BCUT2D eigenvalue weighted by Crippen LogP contribution is -2.52. The Kier molecular flexibility index (Phi) is 6.53. The Labute approximate surface area is 183 Å². The predicted molar refractivity (Wildman–Crippen MR) is 115 cm³/mol. The molecule has 156 valence electrons. The molecular formula is C20H24BrClN4O3. The fraction of sp³-hybridized carbons (Fsp3) is 0.450. The van der Waals surface area contributed by atoms with Gasteiger partial charge >= 0.3 is 6.09 Å². The second-order valence-corrected chi connectivity index (χ2v) is 9.05. The molecule has 0 spiro atoms. The molecule has 1 fully saturated rings. The van der Waals surface area contributed by atoms with Gasteiger partial charge in [-0.15, -0.1) is 0 Å². The van der Waals surface area contributed by atoms with Crippen molar-refractivity contribution in [1.82, 2.24) is 19.4 Å². The van der Waals surface area contributed by atoms with Gasteiger partial charge in [-0.2, -0.15) is 0 Å². The number of aromatic nitrogens is 2. The van der Waals surface area contributed by atoms with Crippen LogP contribution in [0.2, 0.25) is 5.02 Å². The van der Waals surface area contributed by atoms with E-state index in [-0.39, 0.29) is 18.5 Å². The Morgan fingerprint density at radius 1 is 1.10 bits per heavy atom. The third-order valence-electron chi connectivity index (χ3n) is 4.48. The van der Waals surface area contributed by atoms with Crippen molar-refractivity contribution in [1.29, 1.82) is 0 Å². The van der Waals surface area contributed by atoms with Crippen molar-refractivity contribution in [3.63, 3.8) is 0 Å². The van der Waals surface area contributed by atoms with Crippen LogP contribution in [0.4, 0.5) is 4.79 Å². The molecular weight excluding hydrogens is 460 g/mol. The quantitative estimate of drug-likeness (QED) is 0.661. The van der Waals surface area contributed by atoms with Gasteiger partial charge in [0.25, 0.3) is 0 Å². The topological polar surface area (TPSA) is 67.7 Å². The average Bonchev–Trinajstić information content (AvgIpc) is 3.01. The Morgan fingerprint density at radius 2 is 1.69 bits per heavy atom. The Balaban J connectivity index is 1.58. The second kappa shape index (κ2) is 8.75. The molecule has 0 radical (unpaired) electrons. The highest BCUT2D eigenvalue weighted by molar-refractivity contribution is 9.10. The van der Waals surface area contributed by atoms with E-state index < -0.39 is 5.60 Å². The molecule has 1 aromatic carbocycles. The van der Waals surface area contributed by atoms with Gasteiger partial charge in [0.2, 0.25) is 5.91 Å². The fourth-order valence-electron chi connectivity index (χ4n) is 2.99. The molecule has 3 rings (SSSR count). The first kappa shape index (κ1) is 21.6. The van der Waals surface area contributed by atoms with Crippen molar-refractivity contribution in [2.45, 2.75) is 32.9 Å². The highest BCUT2D eigenvalue weighted by Gasteiger charge is 2.28. The van der Waals surface area contributed by atoms with Gasteiger partial charge in [-0.3, -0.25) is 4.79 Å². The van der Waals surface area contributed by atoms with E-state index >= 15 is 0 Å². The lowest BCUT2D eigenvalue weighted by molar-refractivity contribution is -0.133. The molecule has 1 saturated heterocycles. The monoisotopic (exact) mass is 482 g/mol. The molecule has 0 bridgehead atoms. The van der Waals surface area contributed by atoms with Crippen molar-refractivity contribution in [3.8, 4) is 11.3 Å².